The summed E-state index contributed by atoms with van der Waals surface area (Å²) in [6, 6.07) is 20.5. The van der Waals surface area contributed by atoms with Crippen LogP contribution in [0.2, 0.25) is 0 Å². The zero-order valence-corrected chi connectivity index (χ0v) is 22.8. The summed E-state index contributed by atoms with van der Waals surface area (Å²) < 4.78 is 17.0. The Bertz CT molecular complexity index is 1540. The van der Waals surface area contributed by atoms with Crippen molar-refractivity contribution in [1.82, 2.24) is 0 Å². The van der Waals surface area contributed by atoms with Gasteiger partial charge >= 0.3 is 5.63 Å². The number of allylic oxidation sites excluding steroid dienone is 2. The lowest BCUT2D eigenvalue weighted by atomic mass is 10.0. The summed E-state index contributed by atoms with van der Waals surface area (Å²) in [5.41, 5.74) is 4.18. The van der Waals surface area contributed by atoms with Crippen LogP contribution in [0.25, 0.3) is 11.0 Å². The van der Waals surface area contributed by atoms with E-state index in [9.17, 15) is 9.59 Å². The van der Waals surface area contributed by atoms with E-state index in [4.69, 9.17) is 13.9 Å². The smallest absolute Gasteiger partial charge is 0.360 e. The zero-order chi connectivity index (χ0) is 27.8. The number of rotatable bonds is 11. The molecular formula is C32H34N2O5. The summed E-state index contributed by atoms with van der Waals surface area (Å²) in [6.07, 6.45) is 3.51. The van der Waals surface area contributed by atoms with Crippen molar-refractivity contribution in [3.63, 3.8) is 0 Å². The number of anilines is 2. The highest BCUT2D eigenvalue weighted by molar-refractivity contribution is 6.05. The summed E-state index contributed by atoms with van der Waals surface area (Å²) >= 11 is 0. The first-order chi connectivity index (χ1) is 18.9. The molecule has 4 rings (SSSR count). The summed E-state index contributed by atoms with van der Waals surface area (Å²) in [6.45, 7) is 7.18. The number of nitrogens with one attached hydrogen (secondary N) is 2. The largest absolute Gasteiger partial charge is 0.496 e. The molecule has 202 valence electrons. The molecule has 7 heteroatoms. The van der Waals surface area contributed by atoms with E-state index in [0.29, 0.717) is 41.1 Å². The van der Waals surface area contributed by atoms with Crippen LogP contribution in [0.4, 0.5) is 11.4 Å². The second-order valence-electron chi connectivity index (χ2n) is 9.52. The first-order valence-corrected chi connectivity index (χ1v) is 13.0. The van der Waals surface area contributed by atoms with Crippen LogP contribution in [-0.2, 0) is 6.42 Å². The molecule has 0 fully saturated rings. The van der Waals surface area contributed by atoms with E-state index in [2.05, 4.69) is 16.7 Å². The van der Waals surface area contributed by atoms with E-state index < -0.39 is 11.5 Å². The Hall–Kier alpha value is -4.52. The van der Waals surface area contributed by atoms with E-state index in [1.807, 2.05) is 63.2 Å². The highest BCUT2D eigenvalue weighted by atomic mass is 16.5. The van der Waals surface area contributed by atoms with Gasteiger partial charge < -0.3 is 24.5 Å². The second kappa shape index (κ2) is 12.8. The predicted molar refractivity (Wildman–Crippen MR) is 156 cm³/mol. The molecule has 2 N–H and O–H groups in total. The minimum absolute atomic E-state index is 0.0780. The van der Waals surface area contributed by atoms with Gasteiger partial charge in [0, 0.05) is 28.7 Å². The molecule has 0 aliphatic rings. The fourth-order valence-electron chi connectivity index (χ4n) is 4.18. The van der Waals surface area contributed by atoms with Gasteiger partial charge in [-0.2, -0.15) is 0 Å². The van der Waals surface area contributed by atoms with E-state index in [1.54, 1.807) is 31.4 Å². The molecule has 0 unspecified atom stereocenters. The van der Waals surface area contributed by atoms with Crippen molar-refractivity contribution in [2.24, 2.45) is 0 Å². The third kappa shape index (κ3) is 7.08. The van der Waals surface area contributed by atoms with E-state index >= 15 is 0 Å². The fraction of sp³-hybridized carbons (Fsp3) is 0.250. The van der Waals surface area contributed by atoms with Crippen LogP contribution in [0.15, 0.2) is 87.6 Å². The maximum atomic E-state index is 13.0. The molecule has 1 amide bonds. The van der Waals surface area contributed by atoms with Gasteiger partial charge in [-0.3, -0.25) is 4.79 Å². The van der Waals surface area contributed by atoms with Crippen molar-refractivity contribution in [1.29, 1.82) is 0 Å². The van der Waals surface area contributed by atoms with Gasteiger partial charge in [0.05, 0.1) is 13.7 Å². The number of para-hydroxylation sites is 1. The molecular weight excluding hydrogens is 492 g/mol. The van der Waals surface area contributed by atoms with Crippen molar-refractivity contribution in [3.05, 3.63) is 105 Å². The van der Waals surface area contributed by atoms with Crippen molar-refractivity contribution in [2.45, 2.75) is 33.6 Å². The average Bonchev–Trinajstić information content (AvgIpc) is 2.94. The molecule has 39 heavy (non-hydrogen) atoms. The van der Waals surface area contributed by atoms with Crippen LogP contribution in [-0.4, -0.2) is 26.2 Å². The average molecular weight is 527 g/mol. The first-order valence-electron chi connectivity index (χ1n) is 13.0. The van der Waals surface area contributed by atoms with Gasteiger partial charge in [0.2, 0.25) is 0 Å². The highest BCUT2D eigenvalue weighted by Gasteiger charge is 2.15. The normalized spacial score (nSPS) is 10.7. The first kappa shape index (κ1) is 27.5. The van der Waals surface area contributed by atoms with Crippen molar-refractivity contribution < 1.29 is 18.7 Å². The van der Waals surface area contributed by atoms with E-state index in [1.165, 1.54) is 5.57 Å². The van der Waals surface area contributed by atoms with E-state index in [-0.39, 0.29) is 5.69 Å². The van der Waals surface area contributed by atoms with Gasteiger partial charge in [0.1, 0.15) is 22.8 Å². The number of hydrogen-bond donors (Lipinski definition) is 2. The molecule has 4 aromatic rings. The molecule has 0 radical (unpaired) electrons. The van der Waals surface area contributed by atoms with Crippen molar-refractivity contribution in [2.75, 3.05) is 30.9 Å². The van der Waals surface area contributed by atoms with Gasteiger partial charge in [0.25, 0.3) is 5.91 Å². The van der Waals surface area contributed by atoms with Crippen LogP contribution in [0.1, 0.15) is 41.8 Å². The Balaban J connectivity index is 1.44. The van der Waals surface area contributed by atoms with Crippen LogP contribution >= 0.6 is 0 Å². The Morgan fingerprint density at radius 3 is 2.51 bits per heavy atom. The Kier molecular flexibility index (Phi) is 9.05. The number of carbonyl (C=O) groups excluding carboxylic acids is 1. The van der Waals surface area contributed by atoms with Gasteiger partial charge in [-0.15, -0.1) is 0 Å². The summed E-state index contributed by atoms with van der Waals surface area (Å²) in [5, 5.41) is 6.75. The third-order valence-electron chi connectivity index (χ3n) is 6.30. The lowest BCUT2D eigenvalue weighted by molar-refractivity contribution is 0.102. The number of hydrogen-bond acceptors (Lipinski definition) is 6. The summed E-state index contributed by atoms with van der Waals surface area (Å²) in [7, 11) is 1.60. The van der Waals surface area contributed by atoms with Crippen LogP contribution in [0.3, 0.4) is 0 Å². The highest BCUT2D eigenvalue weighted by Crippen LogP contribution is 2.28. The topological polar surface area (TPSA) is 89.8 Å². The van der Waals surface area contributed by atoms with Gasteiger partial charge in [-0.05, 0) is 87.7 Å². The number of benzene rings is 3. The molecule has 0 saturated carbocycles. The Morgan fingerprint density at radius 2 is 1.77 bits per heavy atom. The molecule has 0 aliphatic heterocycles. The van der Waals surface area contributed by atoms with Crippen LogP contribution in [0, 0.1) is 6.92 Å². The predicted octanol–water partition coefficient (Wildman–Crippen LogP) is 6.75. The second-order valence-corrected chi connectivity index (χ2v) is 9.52. The number of carbonyl (C=O) groups is 1. The fourth-order valence-corrected chi connectivity index (χ4v) is 4.18. The summed E-state index contributed by atoms with van der Waals surface area (Å²) in [5.74, 6) is 0.961. The lowest BCUT2D eigenvalue weighted by Gasteiger charge is -2.12. The summed E-state index contributed by atoms with van der Waals surface area (Å²) in [4.78, 5) is 25.8. The third-order valence-corrected chi connectivity index (χ3v) is 6.30. The van der Waals surface area contributed by atoms with Crippen LogP contribution in [0.5, 0.6) is 11.5 Å². The quantitative estimate of drug-likeness (QED) is 0.128. The molecule has 0 atom stereocenters. The van der Waals surface area contributed by atoms with Gasteiger partial charge in [-0.1, -0.05) is 29.8 Å². The Morgan fingerprint density at radius 1 is 1.00 bits per heavy atom. The number of fused-ring (bicyclic) bond motifs is 1. The Labute approximate surface area is 228 Å². The number of ether oxygens (including phenoxy) is 2. The molecule has 0 bridgehead atoms. The minimum Gasteiger partial charge on any atom is -0.496 e. The molecule has 0 aliphatic carbocycles. The number of methoxy groups -OCH3 is 1. The van der Waals surface area contributed by atoms with Crippen LogP contribution < -0.4 is 25.7 Å². The molecule has 0 spiro atoms. The molecule has 1 aromatic heterocycles. The van der Waals surface area contributed by atoms with Gasteiger partial charge in [-0.25, -0.2) is 4.79 Å². The SMILES string of the molecule is COc1ccc(C(=O)Nc2cc3ccc(OCCCNc4ccccc4)c(C)c3oc2=O)cc1CC=C(C)C. The maximum absolute atomic E-state index is 13.0. The van der Waals surface area contributed by atoms with Gasteiger partial charge in [0.15, 0.2) is 0 Å². The zero-order valence-electron chi connectivity index (χ0n) is 22.8. The monoisotopic (exact) mass is 526 g/mol. The molecule has 7 nitrogen and oxygen atoms in total. The number of amides is 1. The van der Waals surface area contributed by atoms with E-state index in [0.717, 1.165) is 29.8 Å². The number of aryl methyl sites for hydroxylation is 1. The minimum atomic E-state index is -0.624. The molecule has 0 saturated heterocycles. The maximum Gasteiger partial charge on any atom is 0.360 e. The molecule has 3 aromatic carbocycles. The lowest BCUT2D eigenvalue weighted by Crippen LogP contribution is -2.18. The molecule has 1 heterocycles. The van der Waals surface area contributed by atoms with Crippen molar-refractivity contribution in [3.8, 4) is 11.5 Å². The van der Waals surface area contributed by atoms with Crippen molar-refractivity contribution >= 4 is 28.3 Å². The standard InChI is InChI=1S/C32H34N2O5/c1-21(2)11-12-23-19-25(14-16-29(23)37-4)31(35)34-27-20-24-13-15-28(22(3)30(24)39-32(27)36)38-18-8-17-33-26-9-6-5-7-10-26/h5-7,9-11,13-16,19-20,33H,8,12,17-18H2,1-4H3,(H,34,35).